The minimum Gasteiger partial charge on any atom is -0.317 e. The molecule has 0 atom stereocenters. The first kappa shape index (κ1) is 24.7. The van der Waals surface area contributed by atoms with E-state index in [1.165, 1.54) is 75.6 Å². The van der Waals surface area contributed by atoms with Gasteiger partial charge in [-0.3, -0.25) is 4.79 Å². The fourth-order valence-corrected chi connectivity index (χ4v) is 3.36. The third kappa shape index (κ3) is 12.2. The van der Waals surface area contributed by atoms with Crippen molar-refractivity contribution in [2.45, 2.75) is 96.8 Å². The quantitative estimate of drug-likeness (QED) is 0.206. The van der Waals surface area contributed by atoms with Gasteiger partial charge < -0.3 is 5.32 Å². The predicted molar refractivity (Wildman–Crippen MR) is 114 cm³/mol. The van der Waals surface area contributed by atoms with Crippen molar-refractivity contribution in [1.82, 2.24) is 5.32 Å². The van der Waals surface area contributed by atoms with Gasteiger partial charge in [0.25, 0.3) is 6.43 Å². The van der Waals surface area contributed by atoms with Crippen LogP contribution in [0.15, 0.2) is 24.3 Å². The van der Waals surface area contributed by atoms with Crippen molar-refractivity contribution < 1.29 is 13.6 Å². The largest absolute Gasteiger partial charge is 0.317 e. The van der Waals surface area contributed by atoms with Crippen LogP contribution < -0.4 is 5.32 Å². The average molecular weight is 396 g/mol. The van der Waals surface area contributed by atoms with Crippen molar-refractivity contribution in [2.24, 2.45) is 0 Å². The van der Waals surface area contributed by atoms with E-state index < -0.39 is 6.43 Å². The number of carbonyl (C=O) groups is 1. The van der Waals surface area contributed by atoms with E-state index in [0.717, 1.165) is 38.8 Å². The number of benzene rings is 1. The standard InChI is InChI=1S/C24H39F2NO/c1-2-3-4-5-6-7-9-12-19-27-20-13-10-8-11-14-23(28)21-15-17-22(18-16-21)24(25)26/h15-18,24,27H,2-14,19-20H2,1H3. The van der Waals surface area contributed by atoms with Crippen LogP contribution in [0.25, 0.3) is 0 Å². The lowest BCUT2D eigenvalue weighted by Gasteiger charge is -2.06. The molecule has 1 aromatic rings. The molecule has 0 heterocycles. The number of rotatable bonds is 18. The predicted octanol–water partition coefficient (Wildman–Crippen LogP) is 7.49. The number of halogens is 2. The highest BCUT2D eigenvalue weighted by Crippen LogP contribution is 2.19. The molecule has 160 valence electrons. The maximum absolute atomic E-state index is 12.5. The number of ketones is 1. The highest BCUT2D eigenvalue weighted by Gasteiger charge is 2.09. The Morgan fingerprint density at radius 3 is 1.82 bits per heavy atom. The van der Waals surface area contributed by atoms with Crippen LogP contribution >= 0.6 is 0 Å². The Morgan fingerprint density at radius 1 is 0.786 bits per heavy atom. The molecule has 4 heteroatoms. The van der Waals surface area contributed by atoms with Gasteiger partial charge in [0.15, 0.2) is 5.78 Å². The van der Waals surface area contributed by atoms with Crippen LogP contribution in [0.4, 0.5) is 8.78 Å². The smallest absolute Gasteiger partial charge is 0.263 e. The Labute approximate surface area is 170 Å². The molecule has 0 aliphatic rings. The molecule has 0 aliphatic carbocycles. The van der Waals surface area contributed by atoms with Crippen molar-refractivity contribution in [2.75, 3.05) is 13.1 Å². The molecular weight excluding hydrogens is 356 g/mol. The second kappa shape index (κ2) is 16.6. The Balaban J connectivity index is 1.89. The summed E-state index contributed by atoms with van der Waals surface area (Å²) >= 11 is 0. The number of alkyl halides is 2. The van der Waals surface area contributed by atoms with E-state index in [4.69, 9.17) is 0 Å². The Hall–Kier alpha value is -1.29. The van der Waals surface area contributed by atoms with Gasteiger partial charge in [0.05, 0.1) is 0 Å². The number of unbranched alkanes of at least 4 members (excludes halogenated alkanes) is 10. The van der Waals surface area contributed by atoms with Crippen molar-refractivity contribution >= 4 is 5.78 Å². The summed E-state index contributed by atoms with van der Waals surface area (Å²) in [6.45, 7) is 4.42. The molecule has 0 radical (unpaired) electrons. The minimum atomic E-state index is -2.48. The van der Waals surface area contributed by atoms with Crippen molar-refractivity contribution in [3.63, 3.8) is 0 Å². The molecule has 28 heavy (non-hydrogen) atoms. The molecule has 0 amide bonds. The molecule has 0 saturated heterocycles. The Bertz CT molecular complexity index is 502. The molecule has 0 aromatic heterocycles. The van der Waals surface area contributed by atoms with Gasteiger partial charge in [0.2, 0.25) is 0 Å². The van der Waals surface area contributed by atoms with Gasteiger partial charge in [-0.05, 0) is 32.4 Å². The van der Waals surface area contributed by atoms with Gasteiger partial charge in [-0.1, -0.05) is 89.0 Å². The zero-order valence-electron chi connectivity index (χ0n) is 17.7. The molecule has 0 saturated carbocycles. The molecule has 0 fully saturated rings. The number of hydrogen-bond donors (Lipinski definition) is 1. The van der Waals surface area contributed by atoms with Crippen LogP contribution in [0.5, 0.6) is 0 Å². The van der Waals surface area contributed by atoms with E-state index in [2.05, 4.69) is 12.2 Å². The summed E-state index contributed by atoms with van der Waals surface area (Å²) in [5, 5.41) is 3.51. The minimum absolute atomic E-state index is 0.0315. The summed E-state index contributed by atoms with van der Waals surface area (Å²) in [6.07, 6.45) is 13.0. The summed E-state index contributed by atoms with van der Waals surface area (Å²) in [5.41, 5.74) is 0.507. The highest BCUT2D eigenvalue weighted by atomic mass is 19.3. The van der Waals surface area contributed by atoms with E-state index in [9.17, 15) is 13.6 Å². The molecule has 0 spiro atoms. The van der Waals surface area contributed by atoms with E-state index in [1.807, 2.05) is 0 Å². The lowest BCUT2D eigenvalue weighted by molar-refractivity contribution is 0.0978. The number of hydrogen-bond acceptors (Lipinski definition) is 2. The van der Waals surface area contributed by atoms with Gasteiger partial charge in [-0.2, -0.15) is 0 Å². The third-order valence-electron chi connectivity index (χ3n) is 5.20. The van der Waals surface area contributed by atoms with Crippen molar-refractivity contribution in [3.8, 4) is 0 Å². The van der Waals surface area contributed by atoms with Gasteiger partial charge in [0.1, 0.15) is 0 Å². The van der Waals surface area contributed by atoms with Gasteiger partial charge >= 0.3 is 0 Å². The van der Waals surface area contributed by atoms with Crippen LogP contribution in [0.1, 0.15) is 113 Å². The van der Waals surface area contributed by atoms with Crippen LogP contribution in [0, 0.1) is 0 Å². The normalized spacial score (nSPS) is 11.3. The van der Waals surface area contributed by atoms with E-state index in [1.54, 1.807) is 0 Å². The van der Waals surface area contributed by atoms with E-state index >= 15 is 0 Å². The first-order valence-corrected chi connectivity index (χ1v) is 11.3. The summed E-state index contributed by atoms with van der Waals surface area (Å²) in [7, 11) is 0. The van der Waals surface area contributed by atoms with Gasteiger partial charge in [-0.15, -0.1) is 0 Å². The second-order valence-corrected chi connectivity index (χ2v) is 7.73. The van der Waals surface area contributed by atoms with Crippen LogP contribution in [-0.4, -0.2) is 18.9 Å². The highest BCUT2D eigenvalue weighted by molar-refractivity contribution is 5.96. The Morgan fingerprint density at radius 2 is 1.29 bits per heavy atom. The lowest BCUT2D eigenvalue weighted by Crippen LogP contribution is -2.16. The van der Waals surface area contributed by atoms with Crippen molar-refractivity contribution in [3.05, 3.63) is 35.4 Å². The lowest BCUT2D eigenvalue weighted by atomic mass is 10.0. The number of carbonyl (C=O) groups excluding carboxylic acids is 1. The van der Waals surface area contributed by atoms with Crippen LogP contribution in [0.3, 0.4) is 0 Å². The number of nitrogens with one attached hydrogen (secondary N) is 1. The van der Waals surface area contributed by atoms with E-state index in [0.29, 0.717) is 12.0 Å². The summed E-state index contributed by atoms with van der Waals surface area (Å²) < 4.78 is 25.0. The molecule has 0 bridgehead atoms. The van der Waals surface area contributed by atoms with Crippen molar-refractivity contribution in [1.29, 1.82) is 0 Å². The second-order valence-electron chi connectivity index (χ2n) is 7.73. The topological polar surface area (TPSA) is 29.1 Å². The van der Waals surface area contributed by atoms with Gasteiger partial charge in [-0.25, -0.2) is 8.78 Å². The molecular formula is C24H39F2NO. The molecule has 1 N–H and O–H groups in total. The first-order valence-electron chi connectivity index (χ1n) is 11.3. The zero-order chi connectivity index (χ0) is 20.5. The molecule has 1 aromatic carbocycles. The SMILES string of the molecule is CCCCCCCCCCNCCCCCCC(=O)c1ccc(C(F)F)cc1. The molecule has 0 aliphatic heterocycles. The summed E-state index contributed by atoms with van der Waals surface area (Å²) in [4.78, 5) is 12.1. The van der Waals surface area contributed by atoms with Gasteiger partial charge in [0, 0.05) is 17.5 Å². The summed E-state index contributed by atoms with van der Waals surface area (Å²) in [6, 6.07) is 5.71. The molecule has 2 nitrogen and oxygen atoms in total. The molecule has 0 unspecified atom stereocenters. The van der Waals surface area contributed by atoms with Crippen LogP contribution in [-0.2, 0) is 0 Å². The zero-order valence-corrected chi connectivity index (χ0v) is 17.7. The molecule has 1 rings (SSSR count). The fourth-order valence-electron chi connectivity index (χ4n) is 3.36. The monoisotopic (exact) mass is 395 g/mol. The summed E-state index contributed by atoms with van der Waals surface area (Å²) in [5.74, 6) is 0.0497. The first-order chi connectivity index (χ1) is 13.6. The van der Waals surface area contributed by atoms with E-state index in [-0.39, 0.29) is 11.3 Å². The number of Topliss-reactive ketones (excluding diaryl/α,β-unsaturated/α-hetero) is 1. The fraction of sp³-hybridized carbons (Fsp3) is 0.708. The third-order valence-corrected chi connectivity index (χ3v) is 5.20. The maximum atomic E-state index is 12.5. The average Bonchev–Trinajstić information content (AvgIpc) is 2.70. The Kier molecular flexibility index (Phi) is 14.7. The maximum Gasteiger partial charge on any atom is 0.263 e. The van der Waals surface area contributed by atoms with Crippen LogP contribution in [0.2, 0.25) is 0 Å².